The standard InChI is InChI=1S/C16H20F3N5O2/c17-16(18,19)9-23-14(11-1-4-20-7-11)22-24-12(15(23)25)8-21-13(24)10-2-5-26-6-3-10/h8,10-11,20H,1-7,9H2. The van der Waals surface area contributed by atoms with Gasteiger partial charge in [-0.3, -0.25) is 9.36 Å². The number of nitrogens with one attached hydrogen (secondary N) is 1. The van der Waals surface area contributed by atoms with Crippen LogP contribution < -0.4 is 10.9 Å². The molecule has 2 saturated heterocycles. The molecule has 0 bridgehead atoms. The predicted molar refractivity (Wildman–Crippen MR) is 86.3 cm³/mol. The quantitative estimate of drug-likeness (QED) is 0.884. The van der Waals surface area contributed by atoms with E-state index in [1.807, 2.05) is 0 Å². The molecule has 0 radical (unpaired) electrons. The maximum absolute atomic E-state index is 13.0. The van der Waals surface area contributed by atoms with Crippen molar-refractivity contribution in [3.63, 3.8) is 0 Å². The van der Waals surface area contributed by atoms with E-state index in [9.17, 15) is 18.0 Å². The van der Waals surface area contributed by atoms with Crippen LogP contribution in [0.3, 0.4) is 0 Å². The lowest BCUT2D eigenvalue weighted by Crippen LogP contribution is -2.35. The van der Waals surface area contributed by atoms with Gasteiger partial charge in [0.05, 0.1) is 6.20 Å². The van der Waals surface area contributed by atoms with Crippen LogP contribution in [0.25, 0.3) is 5.52 Å². The number of nitrogens with zero attached hydrogens (tertiary/aromatic N) is 4. The van der Waals surface area contributed by atoms with Crippen molar-refractivity contribution < 1.29 is 17.9 Å². The lowest BCUT2D eigenvalue weighted by Gasteiger charge is -2.22. The molecular formula is C16H20F3N5O2. The molecule has 10 heteroatoms. The second-order valence-electron chi connectivity index (χ2n) is 6.85. The third kappa shape index (κ3) is 3.23. The van der Waals surface area contributed by atoms with E-state index < -0.39 is 18.3 Å². The summed E-state index contributed by atoms with van der Waals surface area (Å²) >= 11 is 0. The van der Waals surface area contributed by atoms with Gasteiger partial charge in [-0.25, -0.2) is 9.50 Å². The van der Waals surface area contributed by atoms with E-state index in [4.69, 9.17) is 4.74 Å². The first-order valence-electron chi connectivity index (χ1n) is 8.77. The van der Waals surface area contributed by atoms with Crippen molar-refractivity contribution in [2.45, 2.75) is 43.8 Å². The maximum atomic E-state index is 13.0. The van der Waals surface area contributed by atoms with Gasteiger partial charge >= 0.3 is 6.18 Å². The van der Waals surface area contributed by atoms with Gasteiger partial charge in [-0.15, -0.1) is 0 Å². The van der Waals surface area contributed by atoms with Gasteiger partial charge in [-0.1, -0.05) is 0 Å². The predicted octanol–water partition coefficient (Wildman–Crippen LogP) is 1.42. The van der Waals surface area contributed by atoms with Crippen molar-refractivity contribution in [3.8, 4) is 0 Å². The molecule has 142 valence electrons. The number of ether oxygens (including phenoxy) is 1. The summed E-state index contributed by atoms with van der Waals surface area (Å²) < 4.78 is 46.7. The summed E-state index contributed by atoms with van der Waals surface area (Å²) in [6.45, 7) is 1.08. The van der Waals surface area contributed by atoms with E-state index in [-0.39, 0.29) is 23.2 Å². The van der Waals surface area contributed by atoms with Gasteiger partial charge in [0.15, 0.2) is 5.52 Å². The average Bonchev–Trinajstić information content (AvgIpc) is 3.26. The van der Waals surface area contributed by atoms with Crippen molar-refractivity contribution in [2.24, 2.45) is 0 Å². The molecule has 2 aromatic heterocycles. The van der Waals surface area contributed by atoms with Crippen LogP contribution in [0.5, 0.6) is 0 Å². The van der Waals surface area contributed by atoms with Crippen LogP contribution in [0, 0.1) is 0 Å². The molecule has 2 aromatic rings. The zero-order valence-corrected chi connectivity index (χ0v) is 14.1. The molecule has 0 spiro atoms. The maximum Gasteiger partial charge on any atom is 0.406 e. The Hall–Kier alpha value is -1.94. The zero-order chi connectivity index (χ0) is 18.3. The Labute approximate surface area is 147 Å². The Morgan fingerprint density at radius 3 is 2.62 bits per heavy atom. The van der Waals surface area contributed by atoms with E-state index in [0.29, 0.717) is 38.5 Å². The Balaban J connectivity index is 1.86. The van der Waals surface area contributed by atoms with Gasteiger partial charge in [0.25, 0.3) is 5.56 Å². The summed E-state index contributed by atoms with van der Waals surface area (Å²) in [6.07, 6.45) is -0.992. The van der Waals surface area contributed by atoms with Crippen LogP contribution in [0.2, 0.25) is 0 Å². The van der Waals surface area contributed by atoms with Gasteiger partial charge in [0.1, 0.15) is 18.2 Å². The molecule has 0 aliphatic carbocycles. The second kappa shape index (κ2) is 6.66. The molecule has 0 aromatic carbocycles. The summed E-state index contributed by atoms with van der Waals surface area (Å²) in [5.41, 5.74) is -0.601. The van der Waals surface area contributed by atoms with Crippen LogP contribution in [0.4, 0.5) is 13.2 Å². The Kier molecular flexibility index (Phi) is 4.47. The molecule has 2 fully saturated rings. The molecule has 0 amide bonds. The van der Waals surface area contributed by atoms with Gasteiger partial charge in [0.2, 0.25) is 0 Å². The number of fused-ring (bicyclic) bond motifs is 1. The van der Waals surface area contributed by atoms with Gasteiger partial charge in [-0.05, 0) is 25.8 Å². The fourth-order valence-corrected chi connectivity index (χ4v) is 3.75. The topological polar surface area (TPSA) is 73.4 Å². The fourth-order valence-electron chi connectivity index (χ4n) is 3.75. The molecule has 2 aliphatic heterocycles. The lowest BCUT2D eigenvalue weighted by atomic mass is 10.00. The lowest BCUT2D eigenvalue weighted by molar-refractivity contribution is -0.141. The number of imidazole rings is 1. The van der Waals surface area contributed by atoms with Crippen LogP contribution in [0.15, 0.2) is 11.0 Å². The zero-order valence-electron chi connectivity index (χ0n) is 14.1. The molecule has 2 aliphatic rings. The molecule has 26 heavy (non-hydrogen) atoms. The molecule has 1 atom stereocenters. The first kappa shape index (κ1) is 17.5. The largest absolute Gasteiger partial charge is 0.406 e. The molecular weight excluding hydrogens is 351 g/mol. The average molecular weight is 371 g/mol. The van der Waals surface area contributed by atoms with Crippen LogP contribution in [0.1, 0.15) is 42.7 Å². The highest BCUT2D eigenvalue weighted by atomic mass is 19.4. The van der Waals surface area contributed by atoms with Crippen molar-refractivity contribution in [1.29, 1.82) is 0 Å². The summed E-state index contributed by atoms with van der Waals surface area (Å²) in [6, 6.07) is 0. The minimum absolute atomic E-state index is 0.0884. The second-order valence-corrected chi connectivity index (χ2v) is 6.85. The van der Waals surface area contributed by atoms with E-state index in [2.05, 4.69) is 15.4 Å². The molecule has 1 unspecified atom stereocenters. The highest BCUT2D eigenvalue weighted by Gasteiger charge is 2.34. The summed E-state index contributed by atoms with van der Waals surface area (Å²) in [7, 11) is 0. The van der Waals surface area contributed by atoms with Crippen LogP contribution >= 0.6 is 0 Å². The molecule has 1 N–H and O–H groups in total. The van der Waals surface area contributed by atoms with Gasteiger partial charge in [-0.2, -0.15) is 18.3 Å². The number of hydrogen-bond acceptors (Lipinski definition) is 5. The molecule has 4 heterocycles. The summed E-state index contributed by atoms with van der Waals surface area (Å²) in [5, 5.41) is 7.60. The highest BCUT2D eigenvalue weighted by molar-refractivity contribution is 5.43. The van der Waals surface area contributed by atoms with Crippen LogP contribution in [-0.4, -0.2) is 51.6 Å². The van der Waals surface area contributed by atoms with Crippen molar-refractivity contribution >= 4 is 5.52 Å². The van der Waals surface area contributed by atoms with Crippen molar-refractivity contribution in [3.05, 3.63) is 28.2 Å². The number of aromatic nitrogens is 4. The van der Waals surface area contributed by atoms with Gasteiger partial charge in [0, 0.05) is 31.6 Å². The summed E-state index contributed by atoms with van der Waals surface area (Å²) in [4.78, 5) is 17.1. The third-order valence-corrected chi connectivity index (χ3v) is 5.06. The minimum atomic E-state index is -4.49. The third-order valence-electron chi connectivity index (χ3n) is 5.06. The number of halogens is 3. The van der Waals surface area contributed by atoms with Crippen LogP contribution in [-0.2, 0) is 11.3 Å². The fraction of sp³-hybridized carbons (Fsp3) is 0.688. The monoisotopic (exact) mass is 371 g/mol. The number of alkyl halides is 3. The molecule has 7 nitrogen and oxygen atoms in total. The van der Waals surface area contributed by atoms with Crippen molar-refractivity contribution in [1.82, 2.24) is 24.5 Å². The highest BCUT2D eigenvalue weighted by Crippen LogP contribution is 2.27. The smallest absolute Gasteiger partial charge is 0.381 e. The van der Waals surface area contributed by atoms with Crippen molar-refractivity contribution in [2.75, 3.05) is 26.3 Å². The first-order valence-corrected chi connectivity index (χ1v) is 8.77. The van der Waals surface area contributed by atoms with E-state index in [1.54, 1.807) is 0 Å². The first-order chi connectivity index (χ1) is 12.4. The number of rotatable bonds is 3. The van der Waals surface area contributed by atoms with Gasteiger partial charge < -0.3 is 10.1 Å². The Morgan fingerprint density at radius 2 is 1.96 bits per heavy atom. The molecule has 4 rings (SSSR count). The normalized spacial score (nSPS) is 22.3. The summed E-state index contributed by atoms with van der Waals surface area (Å²) in [5.74, 6) is 0.674. The Bertz CT molecular complexity index is 848. The SMILES string of the molecule is O=c1c2cnc(C3CCOCC3)n2nc(C2CCNC2)n1CC(F)(F)F. The van der Waals surface area contributed by atoms with E-state index in [0.717, 1.165) is 17.4 Å². The van der Waals surface area contributed by atoms with E-state index in [1.165, 1.54) is 10.7 Å². The molecule has 0 saturated carbocycles. The van der Waals surface area contributed by atoms with E-state index >= 15 is 0 Å². The minimum Gasteiger partial charge on any atom is -0.381 e. The Morgan fingerprint density at radius 1 is 1.19 bits per heavy atom. The number of hydrogen-bond donors (Lipinski definition) is 1.